The molecule has 45 heavy (non-hydrogen) atoms. The number of benzene rings is 1. The van der Waals surface area contributed by atoms with E-state index in [4.69, 9.17) is 14.2 Å². The van der Waals surface area contributed by atoms with Gasteiger partial charge in [-0.3, -0.25) is 4.79 Å². The largest absolute Gasteiger partial charge is 0.493 e. The molecule has 5 heteroatoms. The maximum atomic E-state index is 13.0. The van der Waals surface area contributed by atoms with E-state index in [-0.39, 0.29) is 17.5 Å². The molecular weight excluding hydrogens is 558 g/mol. The van der Waals surface area contributed by atoms with Gasteiger partial charge in [0, 0.05) is 29.4 Å². The number of ether oxygens (including phenoxy) is 3. The van der Waals surface area contributed by atoms with Crippen molar-refractivity contribution in [3.05, 3.63) is 108 Å². The quantitative estimate of drug-likeness (QED) is 0.139. The molecule has 1 saturated heterocycles. The minimum Gasteiger partial charge on any atom is -0.493 e. The zero-order valence-corrected chi connectivity index (χ0v) is 27.4. The van der Waals surface area contributed by atoms with Gasteiger partial charge in [0.2, 0.25) is 0 Å². The van der Waals surface area contributed by atoms with E-state index < -0.39 is 6.10 Å². The van der Waals surface area contributed by atoms with Crippen molar-refractivity contribution in [3.8, 4) is 11.5 Å². The van der Waals surface area contributed by atoms with Crippen molar-refractivity contribution in [3.63, 3.8) is 0 Å². The van der Waals surface area contributed by atoms with Crippen LogP contribution in [-0.4, -0.2) is 49.8 Å². The summed E-state index contributed by atoms with van der Waals surface area (Å²) >= 11 is 0. The second-order valence-electron chi connectivity index (χ2n) is 12.5. The molecule has 0 saturated carbocycles. The number of hydrogen-bond acceptors (Lipinski definition) is 5. The lowest BCUT2D eigenvalue weighted by Crippen LogP contribution is -2.65. The number of likely N-dealkylation sites (N-methyl/N-ethyl adjacent to an activating group) is 1. The van der Waals surface area contributed by atoms with Gasteiger partial charge < -0.3 is 19.1 Å². The van der Waals surface area contributed by atoms with Crippen molar-refractivity contribution in [1.82, 2.24) is 4.90 Å². The second-order valence-corrected chi connectivity index (χ2v) is 12.5. The predicted molar refractivity (Wildman–Crippen MR) is 184 cm³/mol. The summed E-state index contributed by atoms with van der Waals surface area (Å²) in [4.78, 5) is 15.4. The minimum absolute atomic E-state index is 0.171. The number of esters is 1. The van der Waals surface area contributed by atoms with Crippen molar-refractivity contribution in [2.75, 3.05) is 20.7 Å². The molecule has 1 spiro atoms. The Labute approximate surface area is 270 Å². The number of rotatable bonds is 16. The van der Waals surface area contributed by atoms with Gasteiger partial charge in [-0.2, -0.15) is 0 Å². The molecule has 2 aliphatic carbocycles. The van der Waals surface area contributed by atoms with Crippen LogP contribution in [0.25, 0.3) is 0 Å². The summed E-state index contributed by atoms with van der Waals surface area (Å²) in [7, 11) is 3.93. The van der Waals surface area contributed by atoms with Gasteiger partial charge in [-0.1, -0.05) is 92.0 Å². The molecule has 2 bridgehead atoms. The smallest absolute Gasteiger partial charge is 0.306 e. The van der Waals surface area contributed by atoms with E-state index >= 15 is 0 Å². The fourth-order valence-electron chi connectivity index (χ4n) is 7.52. The Morgan fingerprint density at radius 1 is 0.911 bits per heavy atom. The first-order valence-corrected chi connectivity index (χ1v) is 16.9. The van der Waals surface area contributed by atoms with Crippen LogP contribution >= 0.6 is 0 Å². The van der Waals surface area contributed by atoms with Crippen LogP contribution in [-0.2, 0) is 21.4 Å². The van der Waals surface area contributed by atoms with Crippen LogP contribution in [0.4, 0.5) is 0 Å². The van der Waals surface area contributed by atoms with Gasteiger partial charge in [-0.05, 0) is 89.1 Å². The number of carbonyl (C=O) groups is 1. The van der Waals surface area contributed by atoms with E-state index in [1.807, 2.05) is 6.07 Å². The Balaban J connectivity index is 1.03. The Hall–Kier alpha value is -3.57. The highest BCUT2D eigenvalue weighted by Crippen LogP contribution is 2.62. The Morgan fingerprint density at radius 3 is 2.16 bits per heavy atom. The molecular formula is C40H51NO4. The average Bonchev–Trinajstić information content (AvgIpc) is 3.40. The van der Waals surface area contributed by atoms with Gasteiger partial charge >= 0.3 is 5.97 Å². The third-order valence-corrected chi connectivity index (χ3v) is 9.71. The molecule has 0 radical (unpaired) electrons. The number of allylic oxidation sites excluding steroid dienone is 12. The van der Waals surface area contributed by atoms with Crippen LogP contribution in [0.15, 0.2) is 97.2 Å². The van der Waals surface area contributed by atoms with Gasteiger partial charge in [-0.15, -0.1) is 0 Å². The number of piperidine rings is 1. The van der Waals surface area contributed by atoms with Gasteiger partial charge in [0.15, 0.2) is 17.6 Å². The first-order valence-electron chi connectivity index (χ1n) is 16.9. The van der Waals surface area contributed by atoms with E-state index in [9.17, 15) is 4.79 Å². The summed E-state index contributed by atoms with van der Waals surface area (Å²) in [6.45, 7) is 3.17. The fourth-order valence-corrected chi connectivity index (χ4v) is 7.52. The highest BCUT2D eigenvalue weighted by atomic mass is 16.6. The topological polar surface area (TPSA) is 48.0 Å². The van der Waals surface area contributed by atoms with Crippen molar-refractivity contribution in [2.24, 2.45) is 5.92 Å². The highest BCUT2D eigenvalue weighted by Gasteiger charge is 2.65. The van der Waals surface area contributed by atoms with E-state index in [1.165, 1.54) is 11.1 Å². The van der Waals surface area contributed by atoms with Crippen LogP contribution in [0.1, 0.15) is 75.8 Å². The fraction of sp³-hybridized carbons (Fsp3) is 0.475. The summed E-state index contributed by atoms with van der Waals surface area (Å²) in [5.74, 6) is 1.80. The van der Waals surface area contributed by atoms with Gasteiger partial charge in [0.25, 0.3) is 0 Å². The van der Waals surface area contributed by atoms with E-state index in [0.29, 0.717) is 24.8 Å². The molecule has 1 fully saturated rings. The predicted octanol–water partition coefficient (Wildman–Crippen LogP) is 8.53. The van der Waals surface area contributed by atoms with Gasteiger partial charge in [0.1, 0.15) is 6.10 Å². The molecule has 1 aromatic carbocycles. The molecule has 1 aromatic rings. The Kier molecular flexibility index (Phi) is 11.8. The molecule has 240 valence electrons. The lowest BCUT2D eigenvalue weighted by Gasteiger charge is -2.56. The number of hydrogen-bond donors (Lipinski definition) is 0. The van der Waals surface area contributed by atoms with Crippen molar-refractivity contribution in [2.45, 2.75) is 94.8 Å². The molecule has 5 nitrogen and oxygen atoms in total. The van der Waals surface area contributed by atoms with Crippen molar-refractivity contribution < 1.29 is 19.0 Å². The first kappa shape index (κ1) is 32.8. The zero-order chi connectivity index (χ0) is 31.5. The lowest BCUT2D eigenvalue weighted by atomic mass is 9.53. The monoisotopic (exact) mass is 609 g/mol. The Morgan fingerprint density at radius 2 is 1.53 bits per heavy atom. The highest BCUT2D eigenvalue weighted by molar-refractivity contribution is 5.70. The van der Waals surface area contributed by atoms with E-state index in [1.54, 1.807) is 7.11 Å². The SMILES string of the molecule is CC/C=C\C/C=C\C/C=C\C/C=C\C/C=C\C/C=C\CCC(=O)O[C@H]1C=C[C@H]2[C@H]3Cc4ccc(OC)c5c4[C@@]2(CCN3C)[C@H]1O5. The minimum atomic E-state index is -0.397. The molecule has 5 atom stereocenters. The zero-order valence-electron chi connectivity index (χ0n) is 27.4. The standard InChI is InChI=1S/C40H51NO4/c1-4-5-6-7-8-9-10-11-12-13-14-15-16-17-18-19-20-21-22-23-36(42)44-35-27-25-32-33-30-31-24-26-34(43-3)38-37(31)40(32,39(35)45-38)28-29-41(33)2/h5-6,8-9,11-12,14-15,17-18,20-21,24-27,32-33,35,39H,4,7,10,13,16,19,22-23,28-30H2,1-3H3/b6-5-,9-8-,12-11-,15-14-,18-17-,21-20-/t32-,33+,35-,39-,40-/m0/s1. The van der Waals surface area contributed by atoms with E-state index in [2.05, 4.69) is 110 Å². The van der Waals surface area contributed by atoms with Crippen molar-refractivity contribution in [1.29, 1.82) is 0 Å². The molecule has 2 aliphatic heterocycles. The van der Waals surface area contributed by atoms with Crippen LogP contribution in [0.3, 0.4) is 0 Å². The molecule has 0 unspecified atom stereocenters. The third-order valence-electron chi connectivity index (χ3n) is 9.71. The summed E-state index contributed by atoms with van der Waals surface area (Å²) in [5.41, 5.74) is 2.47. The average molecular weight is 610 g/mol. The molecule has 2 heterocycles. The summed E-state index contributed by atoms with van der Waals surface area (Å²) in [6, 6.07) is 4.66. The number of carbonyl (C=O) groups excluding carboxylic acids is 1. The Bertz CT molecular complexity index is 1360. The van der Waals surface area contributed by atoms with Crippen LogP contribution < -0.4 is 9.47 Å². The lowest BCUT2D eigenvalue weighted by molar-refractivity contribution is -0.154. The van der Waals surface area contributed by atoms with Gasteiger partial charge in [-0.25, -0.2) is 0 Å². The van der Waals surface area contributed by atoms with Crippen LogP contribution in [0.5, 0.6) is 11.5 Å². The molecule has 5 rings (SSSR count). The number of methoxy groups -OCH3 is 1. The van der Waals surface area contributed by atoms with E-state index in [0.717, 1.165) is 69.4 Å². The van der Waals surface area contributed by atoms with Crippen molar-refractivity contribution >= 4 is 5.97 Å². The van der Waals surface area contributed by atoms with Crippen LogP contribution in [0, 0.1) is 5.92 Å². The number of nitrogens with zero attached hydrogens (tertiary/aromatic N) is 1. The molecule has 0 aromatic heterocycles. The first-order chi connectivity index (χ1) is 22.1. The summed E-state index contributed by atoms with van der Waals surface area (Å²) < 4.78 is 18.5. The third kappa shape index (κ3) is 7.47. The summed E-state index contributed by atoms with van der Waals surface area (Å²) in [6.07, 6.45) is 38.9. The second kappa shape index (κ2) is 16.1. The molecule has 0 amide bonds. The molecule has 4 aliphatic rings. The number of likely N-dealkylation sites (tertiary alicyclic amines) is 1. The molecule has 0 N–H and O–H groups in total. The normalized spacial score (nSPS) is 27.1. The van der Waals surface area contributed by atoms with Crippen LogP contribution in [0.2, 0.25) is 0 Å². The van der Waals surface area contributed by atoms with Gasteiger partial charge in [0.05, 0.1) is 7.11 Å². The maximum absolute atomic E-state index is 13.0. The maximum Gasteiger partial charge on any atom is 0.306 e. The summed E-state index contributed by atoms with van der Waals surface area (Å²) in [5, 5.41) is 0.